The van der Waals surface area contributed by atoms with Crippen LogP contribution in [0.2, 0.25) is 0 Å². The second-order valence-corrected chi connectivity index (χ2v) is 14.6. The fraction of sp³-hybridized carbons (Fsp3) is 0.233. The number of phenols is 2. The van der Waals surface area contributed by atoms with Crippen LogP contribution >= 0.6 is 12.6 Å². The standard InChI is InChI=1S/C43H45N7O8S/c44-32(23-59)39(53)47-36(19-26-21-45-33-7-3-1-5-30(26)33)41(55)48-35(17-24-9-13-28(51)14-10-24)40(54)49-37(20-27-22-46-34-8-4-2-6-31(27)34)42(56)50-38(43(57)58)18-25-11-15-29(52)16-12-25/h1-16,21-22,32,35-38,45-46,51-52,59H,17-20,23,44H2,(H,47,53)(H,48,55)(H,49,54)(H,50,56)(H,57,58)/t32-,35-,36-,37-,38-/m0/s1. The molecule has 2 aromatic heterocycles. The van der Waals surface area contributed by atoms with Gasteiger partial charge in [0.25, 0.3) is 0 Å². The summed E-state index contributed by atoms with van der Waals surface area (Å²) >= 11 is 4.13. The van der Waals surface area contributed by atoms with Gasteiger partial charge in [-0.3, -0.25) is 19.2 Å². The van der Waals surface area contributed by atoms with Gasteiger partial charge in [0, 0.05) is 65.6 Å². The van der Waals surface area contributed by atoms with Crippen LogP contribution in [0.25, 0.3) is 21.8 Å². The smallest absolute Gasteiger partial charge is 0.326 e. The van der Waals surface area contributed by atoms with Crippen molar-refractivity contribution in [1.82, 2.24) is 31.2 Å². The Bertz CT molecular complexity index is 2430. The molecule has 0 radical (unpaired) electrons. The predicted molar refractivity (Wildman–Crippen MR) is 225 cm³/mol. The predicted octanol–water partition coefficient (Wildman–Crippen LogP) is 2.61. The number of aliphatic carboxylic acids is 1. The van der Waals surface area contributed by atoms with E-state index in [2.05, 4.69) is 43.9 Å². The van der Waals surface area contributed by atoms with Gasteiger partial charge in [0.2, 0.25) is 23.6 Å². The number of aromatic hydroxyl groups is 2. The highest BCUT2D eigenvalue weighted by Crippen LogP contribution is 2.22. The molecule has 4 amide bonds. The number of phenolic OH excluding ortho intramolecular Hbond substituents is 2. The van der Waals surface area contributed by atoms with E-state index in [0.717, 1.165) is 27.4 Å². The second kappa shape index (κ2) is 19.1. The van der Waals surface area contributed by atoms with E-state index in [1.165, 1.54) is 24.3 Å². The van der Waals surface area contributed by atoms with Gasteiger partial charge in [0.15, 0.2) is 0 Å². The van der Waals surface area contributed by atoms with Crippen LogP contribution in [0.3, 0.4) is 0 Å². The lowest BCUT2D eigenvalue weighted by molar-refractivity contribution is -0.142. The first-order chi connectivity index (χ1) is 28.4. The molecule has 0 aliphatic heterocycles. The molecule has 15 nitrogen and oxygen atoms in total. The fourth-order valence-corrected chi connectivity index (χ4v) is 6.95. The quantitative estimate of drug-likeness (QED) is 0.0570. The summed E-state index contributed by atoms with van der Waals surface area (Å²) in [5.41, 5.74) is 10.0. The zero-order chi connectivity index (χ0) is 42.1. The Labute approximate surface area is 344 Å². The largest absolute Gasteiger partial charge is 0.508 e. The lowest BCUT2D eigenvalue weighted by Gasteiger charge is -2.27. The number of carbonyl (C=O) groups excluding carboxylic acids is 4. The molecular formula is C43H45N7O8S. The maximum Gasteiger partial charge on any atom is 0.326 e. The third-order valence-electron chi connectivity index (χ3n) is 10.00. The van der Waals surface area contributed by atoms with Crippen LogP contribution in [-0.2, 0) is 49.7 Å². The molecule has 11 N–H and O–H groups in total. The number of amides is 4. The van der Waals surface area contributed by atoms with Gasteiger partial charge in [0.1, 0.15) is 35.7 Å². The molecule has 0 aliphatic rings. The number of carboxylic acids is 1. The van der Waals surface area contributed by atoms with Crippen molar-refractivity contribution in [1.29, 1.82) is 0 Å². The van der Waals surface area contributed by atoms with E-state index in [9.17, 15) is 39.3 Å². The van der Waals surface area contributed by atoms with E-state index >= 15 is 0 Å². The Kier molecular flexibility index (Phi) is 13.6. The number of carbonyl (C=O) groups is 5. The maximum absolute atomic E-state index is 14.5. The number of rotatable bonds is 18. The van der Waals surface area contributed by atoms with Crippen molar-refractivity contribution in [2.75, 3.05) is 5.75 Å². The van der Waals surface area contributed by atoms with Gasteiger partial charge in [-0.25, -0.2) is 4.79 Å². The van der Waals surface area contributed by atoms with E-state index < -0.39 is 59.8 Å². The molecule has 0 spiro atoms. The van der Waals surface area contributed by atoms with Crippen molar-refractivity contribution in [3.8, 4) is 11.5 Å². The molecule has 5 atom stereocenters. The highest BCUT2D eigenvalue weighted by molar-refractivity contribution is 7.80. The Hall–Kier alpha value is -6.78. The normalized spacial score (nSPS) is 13.8. The van der Waals surface area contributed by atoms with Gasteiger partial charge < -0.3 is 52.3 Å². The van der Waals surface area contributed by atoms with E-state index in [0.29, 0.717) is 16.7 Å². The molecule has 0 unspecified atom stereocenters. The Morgan fingerprint density at radius 2 is 0.915 bits per heavy atom. The topological polar surface area (TPSA) is 252 Å². The Morgan fingerprint density at radius 1 is 0.542 bits per heavy atom. The zero-order valence-electron chi connectivity index (χ0n) is 31.7. The van der Waals surface area contributed by atoms with Gasteiger partial charge in [-0.1, -0.05) is 60.7 Å². The molecule has 306 valence electrons. The number of fused-ring (bicyclic) bond motifs is 2. The average molecular weight is 820 g/mol. The first-order valence-electron chi connectivity index (χ1n) is 18.8. The average Bonchev–Trinajstić information content (AvgIpc) is 3.84. The van der Waals surface area contributed by atoms with Crippen molar-refractivity contribution in [3.63, 3.8) is 0 Å². The van der Waals surface area contributed by atoms with Crippen molar-refractivity contribution >= 4 is 64.0 Å². The highest BCUT2D eigenvalue weighted by atomic mass is 32.1. The number of carboxylic acid groups (broad SMARTS) is 1. The third-order valence-corrected chi connectivity index (χ3v) is 10.4. The second-order valence-electron chi connectivity index (χ2n) is 14.2. The van der Waals surface area contributed by atoms with Gasteiger partial charge in [-0.2, -0.15) is 12.6 Å². The van der Waals surface area contributed by atoms with Crippen molar-refractivity contribution in [2.24, 2.45) is 5.73 Å². The van der Waals surface area contributed by atoms with Gasteiger partial charge >= 0.3 is 5.97 Å². The SMILES string of the molecule is N[C@@H](CS)C(=O)N[C@@H](Cc1c[nH]c2ccccc12)C(=O)N[C@@H](Cc1ccc(O)cc1)C(=O)N[C@@H](Cc1c[nH]c2ccccc12)C(=O)N[C@@H](Cc1ccc(O)cc1)C(=O)O. The van der Waals surface area contributed by atoms with Crippen LogP contribution < -0.4 is 27.0 Å². The molecular weight excluding hydrogens is 775 g/mol. The minimum absolute atomic E-state index is 0.00647. The number of benzene rings is 4. The summed E-state index contributed by atoms with van der Waals surface area (Å²) in [6.07, 6.45) is 3.18. The van der Waals surface area contributed by atoms with Crippen LogP contribution in [0, 0.1) is 0 Å². The van der Waals surface area contributed by atoms with E-state index in [4.69, 9.17) is 5.73 Å². The van der Waals surface area contributed by atoms with E-state index in [1.807, 2.05) is 48.5 Å². The lowest BCUT2D eigenvalue weighted by Crippen LogP contribution is -2.59. The minimum atomic E-state index is -1.40. The molecule has 0 saturated heterocycles. The number of para-hydroxylation sites is 2. The van der Waals surface area contributed by atoms with Crippen LogP contribution in [0.4, 0.5) is 0 Å². The van der Waals surface area contributed by atoms with E-state index in [1.54, 1.807) is 36.7 Å². The van der Waals surface area contributed by atoms with Crippen LogP contribution in [0.15, 0.2) is 109 Å². The first kappa shape index (κ1) is 41.8. The summed E-state index contributed by atoms with van der Waals surface area (Å²) in [7, 11) is 0. The van der Waals surface area contributed by atoms with Crippen LogP contribution in [0.1, 0.15) is 22.3 Å². The number of nitrogens with one attached hydrogen (secondary N) is 6. The van der Waals surface area contributed by atoms with Crippen molar-refractivity contribution < 1.29 is 39.3 Å². The van der Waals surface area contributed by atoms with Gasteiger partial charge in [-0.15, -0.1) is 0 Å². The summed E-state index contributed by atoms with van der Waals surface area (Å²) in [5.74, 6) is -4.25. The fourth-order valence-electron chi connectivity index (χ4n) is 6.78. The third kappa shape index (κ3) is 10.8. The van der Waals surface area contributed by atoms with Crippen LogP contribution in [-0.4, -0.2) is 90.8 Å². The molecule has 6 aromatic rings. The number of hydrogen-bond acceptors (Lipinski definition) is 9. The summed E-state index contributed by atoms with van der Waals surface area (Å²) in [4.78, 5) is 74.7. The number of aromatic nitrogens is 2. The number of nitrogens with two attached hydrogens (primary N) is 1. The molecule has 0 bridgehead atoms. The number of hydrogen-bond donors (Lipinski definition) is 11. The van der Waals surface area contributed by atoms with Crippen molar-refractivity contribution in [3.05, 3.63) is 132 Å². The van der Waals surface area contributed by atoms with Crippen molar-refractivity contribution in [2.45, 2.75) is 55.9 Å². The Morgan fingerprint density at radius 3 is 1.34 bits per heavy atom. The monoisotopic (exact) mass is 819 g/mol. The van der Waals surface area contributed by atoms with E-state index in [-0.39, 0.29) is 42.9 Å². The summed E-state index contributed by atoms with van der Waals surface area (Å²) in [6, 6.07) is 20.4. The minimum Gasteiger partial charge on any atom is -0.508 e. The highest BCUT2D eigenvalue weighted by Gasteiger charge is 2.33. The lowest BCUT2D eigenvalue weighted by atomic mass is 10.00. The van der Waals surface area contributed by atoms with Gasteiger partial charge in [0.05, 0.1) is 6.04 Å². The molecule has 2 heterocycles. The Balaban J connectivity index is 1.30. The number of thiol groups is 1. The molecule has 0 saturated carbocycles. The first-order valence-corrected chi connectivity index (χ1v) is 19.5. The van der Waals surface area contributed by atoms with Gasteiger partial charge in [-0.05, 0) is 58.7 Å². The number of H-pyrrole nitrogens is 2. The number of aromatic amines is 2. The molecule has 0 fully saturated rings. The maximum atomic E-state index is 14.5. The van der Waals surface area contributed by atoms with Crippen LogP contribution in [0.5, 0.6) is 11.5 Å². The summed E-state index contributed by atoms with van der Waals surface area (Å²) in [5, 5.41) is 42.2. The summed E-state index contributed by atoms with van der Waals surface area (Å²) < 4.78 is 0. The molecule has 0 aliphatic carbocycles. The molecule has 4 aromatic carbocycles. The molecule has 16 heteroatoms. The zero-order valence-corrected chi connectivity index (χ0v) is 32.6. The molecule has 6 rings (SSSR count). The summed E-state index contributed by atoms with van der Waals surface area (Å²) in [6.45, 7) is 0. The molecule has 59 heavy (non-hydrogen) atoms.